The van der Waals surface area contributed by atoms with Crippen molar-refractivity contribution >= 4 is 12.0 Å². The number of benzene rings is 1. The Bertz CT molecular complexity index is 504. The average molecular weight is 294 g/mol. The van der Waals surface area contributed by atoms with Gasteiger partial charge in [-0.25, -0.2) is 9.18 Å². The number of carbonyl (C=O) groups excluding carboxylic acids is 2. The van der Waals surface area contributed by atoms with Crippen LogP contribution in [0.1, 0.15) is 30.1 Å². The Hall–Kier alpha value is -2.11. The molecule has 1 atom stereocenters. The van der Waals surface area contributed by atoms with E-state index in [4.69, 9.17) is 4.74 Å². The Kier molecular flexibility index (Phi) is 5.14. The minimum Gasteiger partial charge on any atom is -0.450 e. The Labute approximate surface area is 123 Å². The van der Waals surface area contributed by atoms with Gasteiger partial charge in [0.15, 0.2) is 0 Å². The van der Waals surface area contributed by atoms with Crippen LogP contribution in [0.5, 0.6) is 0 Å². The maximum absolute atomic E-state index is 12.9. The largest absolute Gasteiger partial charge is 0.450 e. The molecule has 2 rings (SSSR count). The fourth-order valence-corrected chi connectivity index (χ4v) is 2.39. The molecule has 1 aromatic carbocycles. The summed E-state index contributed by atoms with van der Waals surface area (Å²) in [6.07, 6.45) is 1.16. The first-order valence-electron chi connectivity index (χ1n) is 7.08. The molecule has 1 N–H and O–H groups in total. The van der Waals surface area contributed by atoms with Crippen molar-refractivity contribution in [2.75, 3.05) is 19.7 Å². The van der Waals surface area contributed by atoms with Crippen molar-refractivity contribution in [3.05, 3.63) is 35.6 Å². The van der Waals surface area contributed by atoms with E-state index in [0.29, 0.717) is 25.3 Å². The summed E-state index contributed by atoms with van der Waals surface area (Å²) in [6, 6.07) is 5.37. The maximum Gasteiger partial charge on any atom is 0.407 e. The molecule has 1 fully saturated rings. The van der Waals surface area contributed by atoms with Crippen LogP contribution in [0.4, 0.5) is 9.18 Å². The Morgan fingerprint density at radius 2 is 2.10 bits per heavy atom. The Balaban J connectivity index is 1.95. The fourth-order valence-electron chi connectivity index (χ4n) is 2.39. The number of hydrogen-bond acceptors (Lipinski definition) is 3. The van der Waals surface area contributed by atoms with Crippen molar-refractivity contribution in [2.24, 2.45) is 0 Å². The first kappa shape index (κ1) is 15.3. The number of nitrogens with one attached hydrogen (secondary N) is 1. The van der Waals surface area contributed by atoms with Gasteiger partial charge < -0.3 is 15.0 Å². The van der Waals surface area contributed by atoms with E-state index in [1.807, 2.05) is 0 Å². The summed E-state index contributed by atoms with van der Waals surface area (Å²) in [4.78, 5) is 25.4. The number of alkyl carbamates (subject to hydrolysis) is 1. The van der Waals surface area contributed by atoms with Gasteiger partial charge >= 0.3 is 6.09 Å². The number of carbonyl (C=O) groups is 2. The van der Waals surface area contributed by atoms with Crippen LogP contribution in [0.2, 0.25) is 0 Å². The van der Waals surface area contributed by atoms with Crippen molar-refractivity contribution in [1.29, 1.82) is 0 Å². The molecule has 1 heterocycles. The van der Waals surface area contributed by atoms with Crippen molar-refractivity contribution < 1.29 is 18.7 Å². The number of likely N-dealkylation sites (tertiary alicyclic amines) is 1. The van der Waals surface area contributed by atoms with Gasteiger partial charge in [0.2, 0.25) is 0 Å². The molecule has 1 aliphatic rings. The van der Waals surface area contributed by atoms with Gasteiger partial charge in [-0.15, -0.1) is 0 Å². The summed E-state index contributed by atoms with van der Waals surface area (Å²) >= 11 is 0. The number of hydrogen-bond donors (Lipinski definition) is 1. The zero-order chi connectivity index (χ0) is 15.2. The lowest BCUT2D eigenvalue weighted by molar-refractivity contribution is 0.0686. The molecular weight excluding hydrogens is 275 g/mol. The van der Waals surface area contributed by atoms with Gasteiger partial charge in [-0.05, 0) is 44.0 Å². The molecule has 5 nitrogen and oxygen atoms in total. The quantitative estimate of drug-likeness (QED) is 0.929. The Morgan fingerprint density at radius 3 is 2.76 bits per heavy atom. The van der Waals surface area contributed by atoms with Crippen molar-refractivity contribution in [3.8, 4) is 0 Å². The van der Waals surface area contributed by atoms with Gasteiger partial charge in [0, 0.05) is 24.7 Å². The topological polar surface area (TPSA) is 58.6 Å². The average Bonchev–Trinajstić information content (AvgIpc) is 2.48. The lowest BCUT2D eigenvalue weighted by atomic mass is 10.0. The van der Waals surface area contributed by atoms with Crippen LogP contribution in [0, 0.1) is 5.82 Å². The predicted molar refractivity (Wildman–Crippen MR) is 75.5 cm³/mol. The molecule has 0 bridgehead atoms. The molecule has 0 saturated carbocycles. The molecule has 114 valence electrons. The third kappa shape index (κ3) is 4.18. The van der Waals surface area contributed by atoms with Gasteiger partial charge in [0.1, 0.15) is 5.82 Å². The molecule has 0 radical (unpaired) electrons. The second kappa shape index (κ2) is 7.06. The predicted octanol–water partition coefficient (Wildman–Crippen LogP) is 2.18. The molecule has 6 heteroatoms. The SMILES string of the molecule is CCOC(=O)N[C@@H]1CCCN(C(=O)c2ccc(F)cc2)C1. The number of piperidine rings is 1. The summed E-state index contributed by atoms with van der Waals surface area (Å²) in [5, 5.41) is 2.75. The van der Waals surface area contributed by atoms with Crippen LogP contribution in [0.15, 0.2) is 24.3 Å². The normalized spacial score (nSPS) is 18.2. The minimum absolute atomic E-state index is 0.109. The van der Waals surface area contributed by atoms with Crippen LogP contribution in [-0.4, -0.2) is 42.6 Å². The standard InChI is InChI=1S/C15H19FN2O3/c1-2-21-15(20)17-13-4-3-9-18(10-13)14(19)11-5-7-12(16)8-6-11/h5-8,13H,2-4,9-10H2,1H3,(H,17,20)/t13-/m1/s1. The number of rotatable bonds is 3. The van der Waals surface area contributed by atoms with E-state index in [1.54, 1.807) is 11.8 Å². The van der Waals surface area contributed by atoms with Crippen molar-refractivity contribution in [2.45, 2.75) is 25.8 Å². The summed E-state index contributed by atoms with van der Waals surface area (Å²) < 4.78 is 17.7. The zero-order valence-corrected chi connectivity index (χ0v) is 12.0. The van der Waals surface area contributed by atoms with Gasteiger partial charge in [0.05, 0.1) is 6.61 Å². The lowest BCUT2D eigenvalue weighted by Crippen LogP contribution is -2.49. The smallest absolute Gasteiger partial charge is 0.407 e. The number of halogens is 1. The van der Waals surface area contributed by atoms with Crippen molar-refractivity contribution in [1.82, 2.24) is 10.2 Å². The second-order valence-corrected chi connectivity index (χ2v) is 4.96. The monoisotopic (exact) mass is 294 g/mol. The molecule has 1 aliphatic heterocycles. The Morgan fingerprint density at radius 1 is 1.38 bits per heavy atom. The first-order chi connectivity index (χ1) is 10.1. The third-order valence-electron chi connectivity index (χ3n) is 3.40. The molecule has 2 amide bonds. The summed E-state index contributed by atoms with van der Waals surface area (Å²) in [5.41, 5.74) is 0.452. The first-order valence-corrected chi connectivity index (χ1v) is 7.08. The van der Waals surface area contributed by atoms with E-state index in [-0.39, 0.29) is 17.8 Å². The lowest BCUT2D eigenvalue weighted by Gasteiger charge is -2.33. The second-order valence-electron chi connectivity index (χ2n) is 4.96. The van der Waals surface area contributed by atoms with Crippen LogP contribution >= 0.6 is 0 Å². The van der Waals surface area contributed by atoms with Gasteiger partial charge in [-0.3, -0.25) is 4.79 Å². The van der Waals surface area contributed by atoms with E-state index in [9.17, 15) is 14.0 Å². The van der Waals surface area contributed by atoms with Gasteiger partial charge in [-0.1, -0.05) is 0 Å². The van der Waals surface area contributed by atoms with Crippen LogP contribution in [0.25, 0.3) is 0 Å². The molecular formula is C15H19FN2O3. The zero-order valence-electron chi connectivity index (χ0n) is 12.0. The van der Waals surface area contributed by atoms with E-state index < -0.39 is 6.09 Å². The van der Waals surface area contributed by atoms with Gasteiger partial charge in [-0.2, -0.15) is 0 Å². The van der Waals surface area contributed by atoms with Gasteiger partial charge in [0.25, 0.3) is 5.91 Å². The van der Waals surface area contributed by atoms with E-state index in [1.165, 1.54) is 24.3 Å². The molecule has 0 aliphatic carbocycles. The summed E-state index contributed by atoms with van der Waals surface area (Å²) in [6.45, 7) is 3.13. The third-order valence-corrected chi connectivity index (χ3v) is 3.40. The molecule has 1 saturated heterocycles. The van der Waals surface area contributed by atoms with E-state index in [0.717, 1.165) is 12.8 Å². The molecule has 0 spiro atoms. The maximum atomic E-state index is 12.9. The van der Waals surface area contributed by atoms with Crippen LogP contribution in [-0.2, 0) is 4.74 Å². The van der Waals surface area contributed by atoms with Crippen LogP contribution in [0.3, 0.4) is 0 Å². The summed E-state index contributed by atoms with van der Waals surface area (Å²) in [5.74, 6) is -0.516. The molecule has 1 aromatic rings. The highest BCUT2D eigenvalue weighted by Crippen LogP contribution is 2.14. The highest BCUT2D eigenvalue weighted by atomic mass is 19.1. The van der Waals surface area contributed by atoms with Crippen LogP contribution < -0.4 is 5.32 Å². The molecule has 0 aromatic heterocycles. The van der Waals surface area contributed by atoms with E-state index >= 15 is 0 Å². The van der Waals surface area contributed by atoms with E-state index in [2.05, 4.69) is 5.32 Å². The minimum atomic E-state index is -0.460. The van der Waals surface area contributed by atoms with Crippen molar-refractivity contribution in [3.63, 3.8) is 0 Å². The highest BCUT2D eigenvalue weighted by Gasteiger charge is 2.25. The molecule has 0 unspecified atom stereocenters. The number of amides is 2. The number of ether oxygens (including phenoxy) is 1. The highest BCUT2D eigenvalue weighted by molar-refractivity contribution is 5.94. The number of nitrogens with zero attached hydrogens (tertiary/aromatic N) is 1. The fraction of sp³-hybridized carbons (Fsp3) is 0.467. The molecule has 21 heavy (non-hydrogen) atoms. The summed E-state index contributed by atoms with van der Waals surface area (Å²) in [7, 11) is 0.